The second kappa shape index (κ2) is 3.90. The van der Waals surface area contributed by atoms with E-state index in [4.69, 9.17) is 5.73 Å². The average molecular weight is 267 g/mol. The third-order valence-corrected chi connectivity index (χ3v) is 4.97. The third kappa shape index (κ3) is 2.24. The summed E-state index contributed by atoms with van der Waals surface area (Å²) in [6.45, 7) is 1.26. The Labute approximate surface area is 97.4 Å². The van der Waals surface area contributed by atoms with Crippen LogP contribution in [-0.4, -0.2) is 19.3 Å². The van der Waals surface area contributed by atoms with Crippen LogP contribution < -0.4 is 5.73 Å². The molecule has 0 aliphatic carbocycles. The van der Waals surface area contributed by atoms with Crippen LogP contribution in [0, 0.1) is 0 Å². The summed E-state index contributed by atoms with van der Waals surface area (Å²) in [7, 11) is -4.52. The highest BCUT2D eigenvalue weighted by Crippen LogP contribution is 2.39. The van der Waals surface area contributed by atoms with Gasteiger partial charge >= 0.3 is 6.18 Å². The first-order chi connectivity index (χ1) is 7.50. The highest BCUT2D eigenvalue weighted by Gasteiger charge is 2.57. The first-order valence-electron chi connectivity index (χ1n) is 4.67. The number of nitrogens with two attached hydrogens (primary N) is 1. The number of sulfone groups is 1. The fourth-order valence-corrected chi connectivity index (χ4v) is 2.57. The van der Waals surface area contributed by atoms with E-state index < -0.39 is 25.7 Å². The van der Waals surface area contributed by atoms with Crippen LogP contribution >= 0.6 is 0 Å². The predicted molar refractivity (Wildman–Crippen MR) is 58.2 cm³/mol. The monoisotopic (exact) mass is 267 g/mol. The lowest BCUT2D eigenvalue weighted by molar-refractivity contribution is -0.153. The Morgan fingerprint density at radius 3 is 2.12 bits per heavy atom. The lowest BCUT2D eigenvalue weighted by atomic mass is 10.2. The number of rotatable bonds is 2. The zero-order valence-corrected chi connectivity index (χ0v) is 10.1. The average Bonchev–Trinajstić information content (AvgIpc) is 2.15. The quantitative estimate of drug-likeness (QED) is 0.837. The maximum absolute atomic E-state index is 12.7. The van der Waals surface area contributed by atoms with Crippen molar-refractivity contribution in [3.63, 3.8) is 0 Å². The molecule has 0 heterocycles. The lowest BCUT2D eigenvalue weighted by Gasteiger charge is -2.27. The topological polar surface area (TPSA) is 60.2 Å². The van der Waals surface area contributed by atoms with Crippen LogP contribution in [0.15, 0.2) is 29.2 Å². The zero-order valence-electron chi connectivity index (χ0n) is 9.25. The fourth-order valence-electron chi connectivity index (χ4n) is 1.13. The summed E-state index contributed by atoms with van der Waals surface area (Å²) in [6.07, 6.45) is -4.85. The molecule has 0 radical (unpaired) electrons. The molecule has 0 unspecified atom stereocenters. The van der Waals surface area contributed by atoms with Crippen LogP contribution in [0.5, 0.6) is 0 Å². The summed E-state index contributed by atoms with van der Waals surface area (Å²) >= 11 is 0. The predicted octanol–water partition coefficient (Wildman–Crippen LogP) is 2.38. The van der Waals surface area contributed by atoms with Crippen molar-refractivity contribution in [3.05, 3.63) is 24.3 Å². The molecule has 3 nitrogen and oxygen atoms in total. The minimum absolute atomic E-state index is 0.101. The Hall–Kier alpha value is -1.24. The second-order valence-electron chi connectivity index (χ2n) is 4.08. The molecule has 0 bridgehead atoms. The van der Waals surface area contributed by atoms with Crippen molar-refractivity contribution in [1.82, 2.24) is 0 Å². The van der Waals surface area contributed by atoms with Crippen molar-refractivity contribution in [1.29, 1.82) is 0 Å². The molecule has 0 fully saturated rings. The molecule has 0 saturated heterocycles. The molecule has 0 amide bonds. The van der Waals surface area contributed by atoms with Crippen molar-refractivity contribution in [2.75, 3.05) is 5.73 Å². The minimum Gasteiger partial charge on any atom is -0.399 e. The summed E-state index contributed by atoms with van der Waals surface area (Å²) in [5, 5.41) is 0. The van der Waals surface area contributed by atoms with E-state index in [0.29, 0.717) is 13.8 Å². The highest BCUT2D eigenvalue weighted by atomic mass is 32.2. The largest absolute Gasteiger partial charge is 0.408 e. The van der Waals surface area contributed by atoms with Crippen LogP contribution in [0.1, 0.15) is 13.8 Å². The maximum Gasteiger partial charge on any atom is 0.408 e. The van der Waals surface area contributed by atoms with Gasteiger partial charge in [-0.2, -0.15) is 13.2 Å². The van der Waals surface area contributed by atoms with Gasteiger partial charge in [-0.1, -0.05) is 6.07 Å². The summed E-state index contributed by atoms with van der Waals surface area (Å²) in [6, 6.07) is 4.82. The van der Waals surface area contributed by atoms with Crippen LogP contribution in [0.25, 0.3) is 0 Å². The maximum atomic E-state index is 12.7. The molecule has 0 atom stereocenters. The molecule has 0 aliphatic rings. The van der Waals surface area contributed by atoms with Gasteiger partial charge in [0.05, 0.1) is 4.90 Å². The van der Waals surface area contributed by atoms with Crippen molar-refractivity contribution in [3.8, 4) is 0 Å². The molecule has 0 spiro atoms. The molecule has 96 valence electrons. The highest BCUT2D eigenvalue weighted by molar-refractivity contribution is 7.92. The van der Waals surface area contributed by atoms with Crippen LogP contribution in [0.3, 0.4) is 0 Å². The van der Waals surface area contributed by atoms with Gasteiger partial charge in [-0.15, -0.1) is 0 Å². The van der Waals surface area contributed by atoms with Gasteiger partial charge in [0.25, 0.3) is 0 Å². The van der Waals surface area contributed by atoms with Gasteiger partial charge in [-0.05, 0) is 32.0 Å². The molecule has 1 aromatic carbocycles. The molecule has 2 N–H and O–H groups in total. The number of hydrogen-bond acceptors (Lipinski definition) is 3. The van der Waals surface area contributed by atoms with E-state index in [0.717, 1.165) is 12.1 Å². The summed E-state index contributed by atoms with van der Waals surface area (Å²) in [5.74, 6) is 0. The van der Waals surface area contributed by atoms with Crippen LogP contribution in [0.4, 0.5) is 18.9 Å². The van der Waals surface area contributed by atoms with Crippen molar-refractivity contribution < 1.29 is 21.6 Å². The Morgan fingerprint density at radius 1 is 1.18 bits per heavy atom. The Morgan fingerprint density at radius 2 is 1.71 bits per heavy atom. The molecule has 0 saturated carbocycles. The van der Waals surface area contributed by atoms with Gasteiger partial charge in [-0.3, -0.25) is 0 Å². The van der Waals surface area contributed by atoms with Gasteiger partial charge in [-0.25, -0.2) is 8.42 Å². The number of anilines is 1. The van der Waals surface area contributed by atoms with Crippen molar-refractivity contribution >= 4 is 15.5 Å². The van der Waals surface area contributed by atoms with Gasteiger partial charge in [0.1, 0.15) is 0 Å². The van der Waals surface area contributed by atoms with Gasteiger partial charge in [0.15, 0.2) is 14.6 Å². The number of nitrogen functional groups attached to an aromatic ring is 1. The van der Waals surface area contributed by atoms with Gasteiger partial charge in [0, 0.05) is 5.69 Å². The van der Waals surface area contributed by atoms with E-state index in [1.165, 1.54) is 12.1 Å². The van der Waals surface area contributed by atoms with E-state index >= 15 is 0 Å². The fraction of sp³-hybridized carbons (Fsp3) is 0.400. The number of hydrogen-bond donors (Lipinski definition) is 1. The minimum atomic E-state index is -4.85. The van der Waals surface area contributed by atoms with Crippen LogP contribution in [0.2, 0.25) is 0 Å². The van der Waals surface area contributed by atoms with E-state index in [1.807, 2.05) is 0 Å². The van der Waals surface area contributed by atoms with E-state index in [9.17, 15) is 21.6 Å². The summed E-state index contributed by atoms with van der Waals surface area (Å²) < 4.78 is 59.0. The van der Waals surface area contributed by atoms with E-state index in [2.05, 4.69) is 0 Å². The van der Waals surface area contributed by atoms with Crippen LogP contribution in [-0.2, 0) is 9.84 Å². The van der Waals surface area contributed by atoms with Crippen molar-refractivity contribution in [2.24, 2.45) is 0 Å². The zero-order chi connectivity index (χ0) is 13.5. The molecule has 0 aromatic heterocycles. The SMILES string of the molecule is CC(C)(C(F)(F)F)S(=O)(=O)c1cccc(N)c1. The van der Waals surface area contributed by atoms with Crippen molar-refractivity contribution in [2.45, 2.75) is 29.7 Å². The molecule has 1 rings (SSSR count). The molecular formula is C10H12F3NO2S. The third-order valence-electron chi connectivity index (χ3n) is 2.52. The Kier molecular flexibility index (Phi) is 3.17. The molecule has 1 aromatic rings. The van der Waals surface area contributed by atoms with E-state index in [1.54, 1.807) is 0 Å². The Balaban J connectivity index is 3.40. The number of halogens is 3. The normalized spacial score (nSPS) is 13.7. The summed E-state index contributed by atoms with van der Waals surface area (Å²) in [4.78, 5) is -0.431. The molecule has 17 heavy (non-hydrogen) atoms. The summed E-state index contributed by atoms with van der Waals surface area (Å²) in [5.41, 5.74) is 5.46. The molecule has 0 aliphatic heterocycles. The Bertz CT molecular complexity index is 521. The smallest absolute Gasteiger partial charge is 0.399 e. The van der Waals surface area contributed by atoms with Gasteiger partial charge in [0.2, 0.25) is 0 Å². The second-order valence-corrected chi connectivity index (χ2v) is 6.58. The first-order valence-corrected chi connectivity index (χ1v) is 6.15. The standard InChI is InChI=1S/C10H12F3NO2S/c1-9(2,10(11,12)13)17(15,16)8-5-3-4-7(14)6-8/h3-6H,14H2,1-2H3. The lowest BCUT2D eigenvalue weighted by Crippen LogP contribution is -2.46. The van der Waals surface area contributed by atoms with Gasteiger partial charge < -0.3 is 5.73 Å². The molecular weight excluding hydrogens is 255 g/mol. The molecule has 7 heteroatoms. The number of benzene rings is 1. The number of alkyl halides is 3. The first kappa shape index (κ1) is 13.8. The van der Waals surface area contributed by atoms with E-state index in [-0.39, 0.29) is 5.69 Å².